The molecule has 2 aromatic heterocycles. The van der Waals surface area contributed by atoms with Gasteiger partial charge in [0.2, 0.25) is 0 Å². The average Bonchev–Trinajstić information content (AvgIpc) is 2.90. The molecule has 1 aliphatic rings. The minimum absolute atomic E-state index is 0.0547. The second kappa shape index (κ2) is 4.49. The molecule has 3 aromatic rings. The number of nitrogen functional groups attached to an aromatic ring is 1. The summed E-state index contributed by atoms with van der Waals surface area (Å²) in [6, 6.07) is 7.53. The van der Waals surface area contributed by atoms with Crippen LogP contribution in [0.4, 0.5) is 11.4 Å². The highest BCUT2D eigenvalue weighted by atomic mass is 16.5. The molecule has 22 heavy (non-hydrogen) atoms. The van der Waals surface area contributed by atoms with E-state index in [1.807, 2.05) is 48.0 Å². The third-order valence-corrected chi connectivity index (χ3v) is 3.66. The van der Waals surface area contributed by atoms with E-state index in [9.17, 15) is 4.79 Å². The summed E-state index contributed by atoms with van der Waals surface area (Å²) in [6.45, 7) is 2.03. The van der Waals surface area contributed by atoms with Crippen LogP contribution in [0.1, 0.15) is 5.56 Å². The lowest BCUT2D eigenvalue weighted by atomic mass is 10.1. The molecule has 1 aromatic carbocycles. The highest BCUT2D eigenvalue weighted by molar-refractivity contribution is 5.96. The summed E-state index contributed by atoms with van der Waals surface area (Å²) in [5.74, 6) is 0.524. The first-order valence-corrected chi connectivity index (χ1v) is 6.92. The highest BCUT2D eigenvalue weighted by Gasteiger charge is 2.17. The Labute approximate surface area is 126 Å². The molecule has 0 spiro atoms. The van der Waals surface area contributed by atoms with Gasteiger partial charge in [-0.05, 0) is 36.8 Å². The molecule has 1 aliphatic heterocycles. The first-order chi connectivity index (χ1) is 10.6. The monoisotopic (exact) mass is 294 g/mol. The number of pyridine rings is 1. The number of nitrogens with zero attached hydrogens (tertiary/aromatic N) is 2. The van der Waals surface area contributed by atoms with E-state index in [4.69, 9.17) is 10.5 Å². The van der Waals surface area contributed by atoms with Gasteiger partial charge in [0.25, 0.3) is 5.91 Å². The van der Waals surface area contributed by atoms with Gasteiger partial charge in [-0.1, -0.05) is 0 Å². The molecule has 0 bridgehead atoms. The number of hydrogen-bond donors (Lipinski definition) is 2. The Hall–Kier alpha value is -3.02. The molecular formula is C16H14N4O2. The second-order valence-corrected chi connectivity index (χ2v) is 5.36. The maximum absolute atomic E-state index is 11.4. The number of fused-ring (bicyclic) bond motifs is 2. The van der Waals surface area contributed by atoms with Crippen LogP contribution in [-0.2, 0) is 4.79 Å². The van der Waals surface area contributed by atoms with Crippen LogP contribution in [0.3, 0.4) is 0 Å². The molecule has 0 saturated carbocycles. The number of benzene rings is 1. The predicted octanol–water partition coefficient (Wildman–Crippen LogP) is 2.22. The van der Waals surface area contributed by atoms with Crippen molar-refractivity contribution in [1.82, 2.24) is 9.38 Å². The summed E-state index contributed by atoms with van der Waals surface area (Å²) in [7, 11) is 0. The Bertz CT molecular complexity index is 914. The maximum Gasteiger partial charge on any atom is 0.262 e. The lowest BCUT2D eigenvalue weighted by molar-refractivity contribution is -0.118. The van der Waals surface area contributed by atoms with E-state index in [-0.39, 0.29) is 12.5 Å². The molecule has 3 N–H and O–H groups in total. The fraction of sp³-hybridized carbons (Fsp3) is 0.125. The van der Waals surface area contributed by atoms with Crippen molar-refractivity contribution in [3.05, 3.63) is 42.2 Å². The molecule has 6 heteroatoms. The number of amides is 1. The third kappa shape index (κ3) is 1.96. The largest absolute Gasteiger partial charge is 0.482 e. The van der Waals surface area contributed by atoms with Crippen molar-refractivity contribution in [1.29, 1.82) is 0 Å². The summed E-state index contributed by atoms with van der Waals surface area (Å²) in [4.78, 5) is 16.1. The molecule has 0 saturated heterocycles. The zero-order chi connectivity index (χ0) is 15.3. The number of nitrogens with one attached hydrogen (secondary N) is 1. The van der Waals surface area contributed by atoms with Crippen LogP contribution in [-0.4, -0.2) is 21.9 Å². The molecule has 4 rings (SSSR count). The average molecular weight is 294 g/mol. The van der Waals surface area contributed by atoms with Gasteiger partial charge in [-0.25, -0.2) is 4.98 Å². The Morgan fingerprint density at radius 1 is 1.32 bits per heavy atom. The topological polar surface area (TPSA) is 81.7 Å². The molecule has 3 heterocycles. The van der Waals surface area contributed by atoms with E-state index < -0.39 is 0 Å². The van der Waals surface area contributed by atoms with Crippen LogP contribution in [0.2, 0.25) is 0 Å². The first kappa shape index (κ1) is 12.7. The van der Waals surface area contributed by atoms with Gasteiger partial charge in [-0.3, -0.25) is 4.79 Å². The number of aryl methyl sites for hydroxylation is 1. The molecular weight excluding hydrogens is 280 g/mol. The van der Waals surface area contributed by atoms with Crippen molar-refractivity contribution in [3.8, 4) is 17.0 Å². The van der Waals surface area contributed by atoms with Crippen molar-refractivity contribution in [3.63, 3.8) is 0 Å². The molecule has 0 unspecified atom stereocenters. The number of carbonyl (C=O) groups excluding carboxylic acids is 1. The summed E-state index contributed by atoms with van der Waals surface area (Å²) in [6.07, 6.45) is 3.76. The number of nitrogens with two attached hydrogens (primary N) is 1. The number of ether oxygens (including phenoxy) is 1. The minimum atomic E-state index is -0.150. The Morgan fingerprint density at radius 2 is 2.18 bits per heavy atom. The van der Waals surface area contributed by atoms with Gasteiger partial charge >= 0.3 is 0 Å². The lowest BCUT2D eigenvalue weighted by Crippen LogP contribution is -2.25. The van der Waals surface area contributed by atoms with E-state index >= 15 is 0 Å². The molecule has 6 nitrogen and oxygen atoms in total. The van der Waals surface area contributed by atoms with Gasteiger partial charge in [0.05, 0.1) is 11.4 Å². The van der Waals surface area contributed by atoms with Crippen molar-refractivity contribution in [2.75, 3.05) is 17.7 Å². The zero-order valence-corrected chi connectivity index (χ0v) is 12.0. The fourth-order valence-electron chi connectivity index (χ4n) is 2.68. The fourth-order valence-corrected chi connectivity index (χ4v) is 2.68. The molecule has 0 fully saturated rings. The van der Waals surface area contributed by atoms with Crippen LogP contribution in [0.15, 0.2) is 36.7 Å². The third-order valence-electron chi connectivity index (χ3n) is 3.66. The van der Waals surface area contributed by atoms with Crippen LogP contribution >= 0.6 is 0 Å². The molecule has 0 atom stereocenters. The number of rotatable bonds is 1. The number of aromatic nitrogens is 2. The van der Waals surface area contributed by atoms with E-state index in [1.165, 1.54) is 0 Å². The summed E-state index contributed by atoms with van der Waals surface area (Å²) < 4.78 is 7.28. The van der Waals surface area contributed by atoms with E-state index in [2.05, 4.69) is 10.3 Å². The number of anilines is 2. The molecule has 1 amide bonds. The van der Waals surface area contributed by atoms with E-state index in [0.717, 1.165) is 22.5 Å². The molecule has 0 aliphatic carbocycles. The van der Waals surface area contributed by atoms with Crippen molar-refractivity contribution in [2.24, 2.45) is 0 Å². The van der Waals surface area contributed by atoms with Gasteiger partial charge in [-0.2, -0.15) is 0 Å². The second-order valence-electron chi connectivity index (χ2n) is 5.36. The molecule has 110 valence electrons. The normalized spacial score (nSPS) is 13.6. The van der Waals surface area contributed by atoms with Crippen LogP contribution < -0.4 is 15.8 Å². The Kier molecular flexibility index (Phi) is 2.59. The van der Waals surface area contributed by atoms with Gasteiger partial charge in [0.15, 0.2) is 6.61 Å². The first-order valence-electron chi connectivity index (χ1n) is 6.92. The SMILES string of the molecule is Cc1cc(N)cn2cc(-c3ccc4c(c3)NC(=O)CO4)nc12. The minimum Gasteiger partial charge on any atom is -0.482 e. The standard InChI is InChI=1S/C16H14N4O2/c1-9-4-11(17)6-20-7-13(19-16(9)20)10-2-3-14-12(5-10)18-15(21)8-22-14/h2-7H,8,17H2,1H3,(H,18,21). The summed E-state index contributed by atoms with van der Waals surface area (Å²) >= 11 is 0. The lowest BCUT2D eigenvalue weighted by Gasteiger charge is -2.18. The summed E-state index contributed by atoms with van der Waals surface area (Å²) in [5, 5.41) is 2.81. The Morgan fingerprint density at radius 3 is 3.05 bits per heavy atom. The number of imidazole rings is 1. The number of hydrogen-bond acceptors (Lipinski definition) is 4. The summed E-state index contributed by atoms with van der Waals surface area (Å²) in [5.41, 5.74) is 10.8. The van der Waals surface area contributed by atoms with Crippen LogP contribution in [0, 0.1) is 6.92 Å². The van der Waals surface area contributed by atoms with E-state index in [0.29, 0.717) is 17.1 Å². The predicted molar refractivity (Wildman–Crippen MR) is 83.9 cm³/mol. The number of carbonyl (C=O) groups is 1. The van der Waals surface area contributed by atoms with Gasteiger partial charge < -0.3 is 20.2 Å². The smallest absolute Gasteiger partial charge is 0.262 e. The van der Waals surface area contributed by atoms with Gasteiger partial charge in [0, 0.05) is 23.6 Å². The van der Waals surface area contributed by atoms with Gasteiger partial charge in [-0.15, -0.1) is 0 Å². The van der Waals surface area contributed by atoms with E-state index in [1.54, 1.807) is 0 Å². The zero-order valence-electron chi connectivity index (χ0n) is 12.0. The maximum atomic E-state index is 11.4. The van der Waals surface area contributed by atoms with Crippen molar-refractivity contribution in [2.45, 2.75) is 6.92 Å². The van der Waals surface area contributed by atoms with Crippen molar-refractivity contribution >= 4 is 22.9 Å². The van der Waals surface area contributed by atoms with Crippen LogP contribution in [0.5, 0.6) is 5.75 Å². The van der Waals surface area contributed by atoms with Gasteiger partial charge in [0.1, 0.15) is 11.4 Å². The Balaban J connectivity index is 1.83. The highest BCUT2D eigenvalue weighted by Crippen LogP contribution is 2.32. The van der Waals surface area contributed by atoms with Crippen molar-refractivity contribution < 1.29 is 9.53 Å². The molecule has 0 radical (unpaired) electrons. The van der Waals surface area contributed by atoms with Crippen LogP contribution in [0.25, 0.3) is 16.9 Å². The quantitative estimate of drug-likeness (QED) is 0.721.